The van der Waals surface area contributed by atoms with Gasteiger partial charge in [-0.15, -0.1) is 0 Å². The van der Waals surface area contributed by atoms with Crippen LogP contribution < -0.4 is 5.73 Å². The lowest BCUT2D eigenvalue weighted by Gasteiger charge is -2.26. The van der Waals surface area contributed by atoms with Crippen LogP contribution in [0.1, 0.15) is 39.1 Å². The fraction of sp³-hybridized carbons (Fsp3) is 0.769. The molecule has 5 heteroatoms. The van der Waals surface area contributed by atoms with E-state index in [1.807, 2.05) is 4.68 Å². The van der Waals surface area contributed by atoms with Crippen LogP contribution in [-0.4, -0.2) is 33.8 Å². The van der Waals surface area contributed by atoms with Crippen molar-refractivity contribution in [2.45, 2.75) is 53.2 Å². The summed E-state index contributed by atoms with van der Waals surface area (Å²) in [6.45, 7) is 11.7. The molecule has 0 saturated heterocycles. The van der Waals surface area contributed by atoms with Crippen molar-refractivity contribution < 1.29 is 0 Å². The summed E-state index contributed by atoms with van der Waals surface area (Å²) in [5.41, 5.74) is 7.76. The van der Waals surface area contributed by atoms with E-state index in [4.69, 9.17) is 17.3 Å². The van der Waals surface area contributed by atoms with Gasteiger partial charge in [0, 0.05) is 32.2 Å². The number of hydrogen-bond acceptors (Lipinski definition) is 3. The number of aryl methyl sites for hydroxylation is 2. The second kappa shape index (κ2) is 7.12. The molecule has 104 valence electrons. The standard InChI is InChI=1S/C13H25ClN4/c1-5-11-13(14)12(18(6-2)16-11)9-17(8-7-15)10(3)4/h10H,5-9,15H2,1-4H3. The Kier molecular flexibility index (Phi) is 6.12. The first-order valence-corrected chi connectivity index (χ1v) is 7.11. The Hall–Kier alpha value is -0.580. The maximum atomic E-state index is 6.42. The summed E-state index contributed by atoms with van der Waals surface area (Å²) in [4.78, 5) is 2.33. The van der Waals surface area contributed by atoms with E-state index in [9.17, 15) is 0 Å². The number of halogens is 1. The number of hydrogen-bond donors (Lipinski definition) is 1. The van der Waals surface area contributed by atoms with Crippen LogP contribution in [0.4, 0.5) is 0 Å². The molecule has 0 aliphatic heterocycles. The highest BCUT2D eigenvalue weighted by molar-refractivity contribution is 6.31. The molecule has 0 fully saturated rings. The van der Waals surface area contributed by atoms with Crippen molar-refractivity contribution in [2.24, 2.45) is 5.73 Å². The summed E-state index contributed by atoms with van der Waals surface area (Å²) >= 11 is 6.42. The molecule has 0 amide bonds. The molecular formula is C13H25ClN4. The molecule has 2 N–H and O–H groups in total. The van der Waals surface area contributed by atoms with Crippen molar-refractivity contribution in [3.63, 3.8) is 0 Å². The fourth-order valence-corrected chi connectivity index (χ4v) is 2.38. The third kappa shape index (κ3) is 3.46. The molecule has 1 aromatic rings. The molecular weight excluding hydrogens is 248 g/mol. The Morgan fingerprint density at radius 2 is 2.06 bits per heavy atom. The summed E-state index contributed by atoms with van der Waals surface area (Å²) in [6.07, 6.45) is 0.872. The second-order valence-corrected chi connectivity index (χ2v) is 5.11. The lowest BCUT2D eigenvalue weighted by Crippen LogP contribution is -2.35. The van der Waals surface area contributed by atoms with E-state index in [0.717, 1.165) is 42.5 Å². The van der Waals surface area contributed by atoms with E-state index in [0.29, 0.717) is 12.6 Å². The molecule has 0 aliphatic carbocycles. The van der Waals surface area contributed by atoms with Crippen molar-refractivity contribution in [2.75, 3.05) is 13.1 Å². The molecule has 1 aromatic heterocycles. The van der Waals surface area contributed by atoms with Crippen LogP contribution in [0.25, 0.3) is 0 Å². The van der Waals surface area contributed by atoms with Crippen LogP contribution in [0.2, 0.25) is 5.02 Å². The highest BCUT2D eigenvalue weighted by Crippen LogP contribution is 2.23. The van der Waals surface area contributed by atoms with Gasteiger partial charge >= 0.3 is 0 Å². The quantitative estimate of drug-likeness (QED) is 0.828. The van der Waals surface area contributed by atoms with Gasteiger partial charge in [0.2, 0.25) is 0 Å². The van der Waals surface area contributed by atoms with Gasteiger partial charge in [0.05, 0.1) is 16.4 Å². The predicted molar refractivity (Wildman–Crippen MR) is 76.9 cm³/mol. The second-order valence-electron chi connectivity index (χ2n) is 4.73. The fourth-order valence-electron chi connectivity index (χ4n) is 2.05. The third-order valence-electron chi connectivity index (χ3n) is 3.19. The minimum absolute atomic E-state index is 0.454. The van der Waals surface area contributed by atoms with Crippen molar-refractivity contribution >= 4 is 11.6 Å². The van der Waals surface area contributed by atoms with Gasteiger partial charge in [0.25, 0.3) is 0 Å². The Morgan fingerprint density at radius 1 is 1.39 bits per heavy atom. The minimum atomic E-state index is 0.454. The first-order valence-electron chi connectivity index (χ1n) is 6.73. The molecule has 1 rings (SSSR count). The summed E-state index contributed by atoms with van der Waals surface area (Å²) < 4.78 is 2.01. The molecule has 0 radical (unpaired) electrons. The zero-order chi connectivity index (χ0) is 13.7. The third-order valence-corrected chi connectivity index (χ3v) is 3.63. The van der Waals surface area contributed by atoms with Crippen molar-refractivity contribution in [3.8, 4) is 0 Å². The molecule has 0 atom stereocenters. The summed E-state index contributed by atoms with van der Waals surface area (Å²) in [7, 11) is 0. The summed E-state index contributed by atoms with van der Waals surface area (Å²) in [6, 6.07) is 0.454. The topological polar surface area (TPSA) is 47.1 Å². The van der Waals surface area contributed by atoms with Crippen LogP contribution in [0.5, 0.6) is 0 Å². The lowest BCUT2D eigenvalue weighted by molar-refractivity contribution is 0.213. The monoisotopic (exact) mass is 272 g/mol. The van der Waals surface area contributed by atoms with E-state index in [-0.39, 0.29) is 0 Å². The first-order chi connectivity index (χ1) is 8.54. The van der Waals surface area contributed by atoms with Crippen LogP contribution in [0.15, 0.2) is 0 Å². The molecule has 0 aliphatic rings. The highest BCUT2D eigenvalue weighted by Gasteiger charge is 2.18. The van der Waals surface area contributed by atoms with Crippen LogP contribution in [0.3, 0.4) is 0 Å². The van der Waals surface area contributed by atoms with Crippen LogP contribution in [0, 0.1) is 0 Å². The molecule has 1 heterocycles. The molecule has 0 bridgehead atoms. The van der Waals surface area contributed by atoms with Gasteiger partial charge in [-0.3, -0.25) is 9.58 Å². The van der Waals surface area contributed by atoms with E-state index in [1.54, 1.807) is 0 Å². The molecule has 0 spiro atoms. The molecule has 0 aromatic carbocycles. The normalized spacial score (nSPS) is 11.8. The highest BCUT2D eigenvalue weighted by atomic mass is 35.5. The molecule has 18 heavy (non-hydrogen) atoms. The van der Waals surface area contributed by atoms with Crippen LogP contribution in [-0.2, 0) is 19.5 Å². The van der Waals surface area contributed by atoms with Gasteiger partial charge in [-0.05, 0) is 27.2 Å². The largest absolute Gasteiger partial charge is 0.329 e. The minimum Gasteiger partial charge on any atom is -0.329 e. The maximum absolute atomic E-state index is 6.42. The van der Waals surface area contributed by atoms with Gasteiger partial charge in [-0.1, -0.05) is 18.5 Å². The number of nitrogens with two attached hydrogens (primary N) is 1. The van der Waals surface area contributed by atoms with Crippen molar-refractivity contribution in [1.82, 2.24) is 14.7 Å². The Labute approximate surface area is 115 Å². The first kappa shape index (κ1) is 15.5. The molecule has 4 nitrogen and oxygen atoms in total. The van der Waals surface area contributed by atoms with Gasteiger partial charge in [-0.2, -0.15) is 5.10 Å². The summed E-state index contributed by atoms with van der Waals surface area (Å²) in [5, 5.41) is 5.37. The maximum Gasteiger partial charge on any atom is 0.0863 e. The Morgan fingerprint density at radius 3 is 2.50 bits per heavy atom. The summed E-state index contributed by atoms with van der Waals surface area (Å²) in [5.74, 6) is 0. The van der Waals surface area contributed by atoms with Crippen molar-refractivity contribution in [3.05, 3.63) is 16.4 Å². The Bertz CT molecular complexity index is 373. The van der Waals surface area contributed by atoms with Gasteiger partial charge in [-0.25, -0.2) is 0 Å². The Balaban J connectivity index is 2.96. The number of aromatic nitrogens is 2. The van der Waals surface area contributed by atoms with E-state index in [2.05, 4.69) is 37.7 Å². The predicted octanol–water partition coefficient (Wildman–Crippen LogP) is 2.29. The smallest absolute Gasteiger partial charge is 0.0863 e. The van der Waals surface area contributed by atoms with Crippen molar-refractivity contribution in [1.29, 1.82) is 0 Å². The van der Waals surface area contributed by atoms with E-state index >= 15 is 0 Å². The van der Waals surface area contributed by atoms with Crippen LogP contribution >= 0.6 is 11.6 Å². The van der Waals surface area contributed by atoms with Gasteiger partial charge < -0.3 is 5.73 Å². The molecule has 0 unspecified atom stereocenters. The van der Waals surface area contributed by atoms with E-state index < -0.39 is 0 Å². The molecule has 0 saturated carbocycles. The number of rotatable bonds is 7. The SMILES string of the molecule is CCc1nn(CC)c(CN(CCN)C(C)C)c1Cl. The van der Waals surface area contributed by atoms with Gasteiger partial charge in [0.1, 0.15) is 0 Å². The average Bonchev–Trinajstić information content (AvgIpc) is 2.65. The zero-order valence-corrected chi connectivity index (χ0v) is 12.7. The average molecular weight is 273 g/mol. The number of nitrogens with zero attached hydrogens (tertiary/aromatic N) is 3. The van der Waals surface area contributed by atoms with E-state index in [1.165, 1.54) is 0 Å². The zero-order valence-electron chi connectivity index (χ0n) is 11.9. The van der Waals surface area contributed by atoms with Gasteiger partial charge in [0.15, 0.2) is 0 Å². The lowest BCUT2D eigenvalue weighted by atomic mass is 10.2.